The van der Waals surface area contributed by atoms with Crippen molar-refractivity contribution in [2.45, 2.75) is 9.79 Å². The zero-order valence-corrected chi connectivity index (χ0v) is 17.9. The van der Waals surface area contributed by atoms with Crippen LogP contribution >= 0.6 is 0 Å². The minimum absolute atomic E-state index is 0.0238. The molecule has 170 valence electrons. The number of nitrogens with two attached hydrogens (primary N) is 1. The predicted octanol–water partition coefficient (Wildman–Crippen LogP) is 0.390. The van der Waals surface area contributed by atoms with Crippen LogP contribution in [0.2, 0.25) is 0 Å². The van der Waals surface area contributed by atoms with Gasteiger partial charge in [-0.2, -0.15) is 30.4 Å². The van der Waals surface area contributed by atoms with Crippen LogP contribution in [0.4, 0.5) is 11.4 Å². The van der Waals surface area contributed by atoms with Crippen LogP contribution in [0.5, 0.6) is 0 Å². The van der Waals surface area contributed by atoms with E-state index in [2.05, 4.69) is 10.5 Å². The Labute approximate surface area is 181 Å². The summed E-state index contributed by atoms with van der Waals surface area (Å²) >= 11 is 0. The summed E-state index contributed by atoms with van der Waals surface area (Å²) in [4.78, 5) is 10.2. The molecule has 6 N–H and O–H groups in total. The molecular weight excluding hydrogens is 490 g/mol. The van der Waals surface area contributed by atoms with E-state index in [1.807, 2.05) is 0 Å². The Morgan fingerprint density at radius 1 is 0.844 bits per heavy atom. The van der Waals surface area contributed by atoms with Crippen LogP contribution in [-0.2, 0) is 35.1 Å². The molecule has 0 radical (unpaired) electrons. The summed E-state index contributed by atoms with van der Waals surface area (Å²) in [6.45, 7) is 0. The molecule has 32 heavy (non-hydrogen) atoms. The minimum atomic E-state index is -5.08. The highest BCUT2D eigenvalue weighted by Gasteiger charge is 2.34. The van der Waals surface area contributed by atoms with Crippen molar-refractivity contribution in [2.75, 3.05) is 11.2 Å². The lowest BCUT2D eigenvalue weighted by Gasteiger charge is -2.17. The van der Waals surface area contributed by atoms with E-state index in [0.717, 1.165) is 30.3 Å². The Morgan fingerprint density at radius 2 is 1.50 bits per heavy atom. The molecule has 3 rings (SSSR count). The lowest BCUT2D eigenvalue weighted by Crippen LogP contribution is -2.27. The number of fused-ring (bicyclic) bond motifs is 1. The first-order chi connectivity index (χ1) is 14.6. The summed E-state index contributed by atoms with van der Waals surface area (Å²) in [5.41, 5.74) is 6.39. The van der Waals surface area contributed by atoms with Crippen molar-refractivity contribution < 1.29 is 43.7 Å². The van der Waals surface area contributed by atoms with Crippen LogP contribution in [0.3, 0.4) is 0 Å². The van der Waals surface area contributed by atoms with E-state index in [1.165, 1.54) is 6.07 Å². The van der Waals surface area contributed by atoms with Crippen LogP contribution in [0.15, 0.2) is 56.2 Å². The molecule has 0 bridgehead atoms. The first kappa shape index (κ1) is 23.5. The minimum Gasteiger partial charge on any atom is -0.399 e. The number of ketones is 1. The van der Waals surface area contributed by atoms with E-state index in [4.69, 9.17) is 5.73 Å². The van der Waals surface area contributed by atoms with Crippen molar-refractivity contribution in [3.8, 4) is 0 Å². The number of carbonyl (C=O) groups is 1. The zero-order chi connectivity index (χ0) is 24.1. The zero-order valence-electron chi connectivity index (χ0n) is 15.5. The maximum absolute atomic E-state index is 12.6. The highest BCUT2D eigenvalue weighted by Crippen LogP contribution is 2.29. The molecule has 1 aliphatic rings. The molecule has 0 fully saturated rings. The number of hydrazone groups is 1. The van der Waals surface area contributed by atoms with Crippen molar-refractivity contribution >= 4 is 59.3 Å². The number of nitrogens with one attached hydrogen (secondary N) is 1. The van der Waals surface area contributed by atoms with Crippen LogP contribution in [-0.4, -0.2) is 50.4 Å². The third kappa shape index (κ3) is 4.69. The Bertz CT molecular complexity index is 1540. The molecule has 0 aliphatic heterocycles. The molecule has 0 saturated carbocycles. The van der Waals surface area contributed by atoms with Crippen molar-refractivity contribution in [1.82, 2.24) is 0 Å². The van der Waals surface area contributed by atoms with Gasteiger partial charge in [-0.3, -0.25) is 23.9 Å². The topological polar surface area (TPSA) is 231 Å². The van der Waals surface area contributed by atoms with Crippen LogP contribution < -0.4 is 11.2 Å². The molecule has 0 amide bonds. The molecular formula is C16H13N3O10S3. The van der Waals surface area contributed by atoms with Gasteiger partial charge in [0.2, 0.25) is 5.78 Å². The van der Waals surface area contributed by atoms with Crippen LogP contribution in [0.25, 0.3) is 6.08 Å². The molecule has 0 aromatic heterocycles. The van der Waals surface area contributed by atoms with E-state index < -0.39 is 56.5 Å². The summed E-state index contributed by atoms with van der Waals surface area (Å²) in [7, 11) is -14.5. The van der Waals surface area contributed by atoms with Gasteiger partial charge in [0.25, 0.3) is 30.4 Å². The third-order valence-electron chi connectivity index (χ3n) is 4.15. The molecule has 2 aromatic carbocycles. The molecule has 0 atom stereocenters. The van der Waals surface area contributed by atoms with Gasteiger partial charge in [-0.1, -0.05) is 6.07 Å². The highest BCUT2D eigenvalue weighted by molar-refractivity contribution is 7.91. The van der Waals surface area contributed by atoms with E-state index in [9.17, 15) is 43.7 Å². The smallest absolute Gasteiger partial charge is 0.298 e. The summed E-state index contributed by atoms with van der Waals surface area (Å²) < 4.78 is 97.1. The quantitative estimate of drug-likeness (QED) is 0.212. The second-order valence-electron chi connectivity index (χ2n) is 6.34. The Hall–Kier alpha value is -3.15. The first-order valence-electron chi connectivity index (χ1n) is 8.15. The van der Waals surface area contributed by atoms with Gasteiger partial charge in [-0.25, -0.2) is 0 Å². The van der Waals surface area contributed by atoms with Gasteiger partial charge < -0.3 is 5.73 Å². The van der Waals surface area contributed by atoms with Gasteiger partial charge in [0.05, 0.1) is 10.6 Å². The number of allylic oxidation sites excluding steroid dienone is 1. The van der Waals surface area contributed by atoms with Crippen molar-refractivity contribution in [2.24, 2.45) is 5.10 Å². The molecule has 0 saturated heterocycles. The van der Waals surface area contributed by atoms with Gasteiger partial charge >= 0.3 is 0 Å². The number of hydrogen-bond donors (Lipinski definition) is 5. The summed E-state index contributed by atoms with van der Waals surface area (Å²) in [5, 5.41) is 3.71. The fourth-order valence-electron chi connectivity index (χ4n) is 2.75. The lowest BCUT2D eigenvalue weighted by atomic mass is 9.94. The van der Waals surface area contributed by atoms with Crippen molar-refractivity contribution in [3.05, 3.63) is 52.4 Å². The largest absolute Gasteiger partial charge is 0.399 e. The van der Waals surface area contributed by atoms with Crippen molar-refractivity contribution in [1.29, 1.82) is 0 Å². The number of anilines is 2. The number of carbonyl (C=O) groups excluding carboxylic acids is 1. The number of Topliss-reactive ketones (excluding diaryl/α,β-unsaturated/α-hetero) is 1. The molecule has 0 spiro atoms. The standard InChI is InChI=1S/C16H13N3O10S3/c17-9-1-4-12(13(7-9)31(24,25)26)18-19-15-11-3-2-10(30(21,22)23)5-8(11)6-14(16(15)20)32(27,28)29/h1-7,18H,17H2,(H,21,22,23)(H,24,25,26)(H,27,28,29)/b19-15-. The maximum atomic E-state index is 12.6. The Balaban J connectivity index is 2.21. The number of rotatable bonds is 5. The van der Waals surface area contributed by atoms with Gasteiger partial charge in [-0.15, -0.1) is 0 Å². The number of nitrogen functional groups attached to an aromatic ring is 1. The van der Waals surface area contributed by atoms with Gasteiger partial charge in [0.15, 0.2) is 0 Å². The monoisotopic (exact) mass is 503 g/mol. The van der Waals surface area contributed by atoms with E-state index in [0.29, 0.717) is 6.08 Å². The van der Waals surface area contributed by atoms with Crippen molar-refractivity contribution in [3.63, 3.8) is 0 Å². The fourth-order valence-corrected chi connectivity index (χ4v) is 4.54. The molecule has 16 heteroatoms. The Morgan fingerprint density at radius 3 is 2.06 bits per heavy atom. The summed E-state index contributed by atoms with van der Waals surface area (Å²) in [6.07, 6.45) is 0.688. The average Bonchev–Trinajstić information content (AvgIpc) is 2.65. The number of hydrogen-bond acceptors (Lipinski definition) is 10. The van der Waals surface area contributed by atoms with Gasteiger partial charge in [-0.05, 0) is 42.0 Å². The molecule has 0 unspecified atom stereocenters. The van der Waals surface area contributed by atoms with E-state index in [1.54, 1.807) is 0 Å². The van der Waals surface area contributed by atoms with Crippen LogP contribution in [0.1, 0.15) is 11.1 Å². The maximum Gasteiger partial charge on any atom is 0.298 e. The lowest BCUT2D eigenvalue weighted by molar-refractivity contribution is -0.109. The summed E-state index contributed by atoms with van der Waals surface area (Å²) in [6, 6.07) is 6.05. The molecule has 13 nitrogen and oxygen atoms in total. The second kappa shape index (κ2) is 7.76. The van der Waals surface area contributed by atoms with Gasteiger partial charge in [0.1, 0.15) is 15.5 Å². The second-order valence-corrected chi connectivity index (χ2v) is 10.5. The normalized spacial score (nSPS) is 15.9. The third-order valence-corrected chi connectivity index (χ3v) is 6.75. The molecule has 2 aromatic rings. The predicted molar refractivity (Wildman–Crippen MR) is 112 cm³/mol. The number of nitrogens with zero attached hydrogens (tertiary/aromatic N) is 1. The van der Waals surface area contributed by atoms with Gasteiger partial charge in [0, 0.05) is 11.3 Å². The molecule has 1 aliphatic carbocycles. The first-order valence-corrected chi connectivity index (χ1v) is 12.5. The molecule has 0 heterocycles. The number of benzene rings is 2. The highest BCUT2D eigenvalue weighted by atomic mass is 32.2. The van der Waals surface area contributed by atoms with E-state index >= 15 is 0 Å². The average molecular weight is 503 g/mol. The van der Waals surface area contributed by atoms with E-state index in [-0.39, 0.29) is 22.5 Å². The Kier molecular flexibility index (Phi) is 5.71. The van der Waals surface area contributed by atoms with Crippen LogP contribution in [0, 0.1) is 0 Å². The summed E-state index contributed by atoms with van der Waals surface area (Å²) in [5.74, 6) is -1.30. The SMILES string of the molecule is Nc1ccc(N/N=C2\C(=O)C(S(=O)(=O)O)=Cc3cc(S(=O)(=O)O)ccc32)c(S(=O)(=O)O)c1. The fraction of sp³-hybridized carbons (Fsp3) is 0.